The summed E-state index contributed by atoms with van der Waals surface area (Å²) in [6.07, 6.45) is 3.51. The van der Waals surface area contributed by atoms with Gasteiger partial charge in [0.15, 0.2) is 0 Å². The number of pyridine rings is 2. The molecule has 3 rings (SSSR count). The number of hydrogen-bond acceptors (Lipinski definition) is 4. The van der Waals surface area contributed by atoms with Crippen LogP contribution in [0.15, 0.2) is 47.7 Å². The quantitative estimate of drug-likeness (QED) is 0.784. The average Bonchev–Trinajstić information content (AvgIpc) is 2.94. The van der Waals surface area contributed by atoms with Gasteiger partial charge in [0.25, 0.3) is 0 Å². The van der Waals surface area contributed by atoms with E-state index in [1.807, 2.05) is 30.3 Å². The first-order valence-corrected chi connectivity index (χ1v) is 5.49. The Bertz CT molecular complexity index is 552. The van der Waals surface area contributed by atoms with E-state index in [4.69, 9.17) is 4.74 Å². The third kappa shape index (κ3) is 1.89. The normalized spacial score (nSPS) is 14.2. The molecule has 2 aromatic rings. The maximum Gasteiger partial charge on any atom is 0.218 e. The van der Waals surface area contributed by atoms with E-state index >= 15 is 0 Å². The van der Waals surface area contributed by atoms with E-state index in [0.717, 1.165) is 17.0 Å². The predicted octanol–water partition coefficient (Wildman–Crippen LogP) is 1.92. The Hall–Kier alpha value is -2.23. The van der Waals surface area contributed by atoms with Crippen LogP contribution in [0.3, 0.4) is 0 Å². The summed E-state index contributed by atoms with van der Waals surface area (Å²) in [4.78, 5) is 13.0. The Morgan fingerprint density at radius 3 is 2.71 bits per heavy atom. The van der Waals surface area contributed by atoms with Gasteiger partial charge in [-0.2, -0.15) is 0 Å². The molecule has 0 aliphatic carbocycles. The topological polar surface area (TPSA) is 47.4 Å². The lowest BCUT2D eigenvalue weighted by atomic mass is 10.1. The maximum absolute atomic E-state index is 5.48. The van der Waals surface area contributed by atoms with Crippen LogP contribution >= 0.6 is 0 Å². The van der Waals surface area contributed by atoms with Gasteiger partial charge in [-0.05, 0) is 24.3 Å². The Kier molecular flexibility index (Phi) is 2.54. The molecule has 0 atom stereocenters. The van der Waals surface area contributed by atoms with Gasteiger partial charge in [-0.1, -0.05) is 6.07 Å². The number of hydrogen-bond donors (Lipinski definition) is 0. The highest BCUT2D eigenvalue weighted by molar-refractivity contribution is 6.00. The van der Waals surface area contributed by atoms with Gasteiger partial charge in [-0.15, -0.1) is 0 Å². The molecule has 0 bridgehead atoms. The van der Waals surface area contributed by atoms with Crippen molar-refractivity contribution in [1.29, 1.82) is 0 Å². The summed E-state index contributed by atoms with van der Waals surface area (Å²) in [6, 6.07) is 9.60. The standard InChI is InChI=1S/C13H11N3O/c1-2-6-14-11(5-1)12-10(4-3-7-15-12)13-16-8-9-17-13/h1-7H,8-9H2. The van der Waals surface area contributed by atoms with Crippen LogP contribution in [-0.2, 0) is 4.74 Å². The summed E-state index contributed by atoms with van der Waals surface area (Å²) >= 11 is 0. The smallest absolute Gasteiger partial charge is 0.218 e. The van der Waals surface area contributed by atoms with E-state index in [2.05, 4.69) is 15.0 Å². The zero-order chi connectivity index (χ0) is 11.5. The van der Waals surface area contributed by atoms with Gasteiger partial charge < -0.3 is 4.74 Å². The zero-order valence-corrected chi connectivity index (χ0v) is 9.21. The Labute approximate surface area is 99.0 Å². The van der Waals surface area contributed by atoms with Crippen molar-refractivity contribution < 1.29 is 4.74 Å². The van der Waals surface area contributed by atoms with E-state index in [0.29, 0.717) is 19.0 Å². The predicted molar refractivity (Wildman–Crippen MR) is 64.8 cm³/mol. The first kappa shape index (κ1) is 9.96. The van der Waals surface area contributed by atoms with Crippen molar-refractivity contribution >= 4 is 5.90 Å². The van der Waals surface area contributed by atoms with Crippen LogP contribution in [0.5, 0.6) is 0 Å². The first-order chi connectivity index (χ1) is 8.45. The van der Waals surface area contributed by atoms with Crippen molar-refractivity contribution in [3.05, 3.63) is 48.3 Å². The van der Waals surface area contributed by atoms with Gasteiger partial charge in [-0.3, -0.25) is 9.97 Å². The van der Waals surface area contributed by atoms with Crippen LogP contribution in [0.2, 0.25) is 0 Å². The van der Waals surface area contributed by atoms with Gasteiger partial charge in [-0.25, -0.2) is 4.99 Å². The molecule has 0 spiro atoms. The SMILES string of the molecule is c1ccc(-c2ncccc2C2=NCCO2)nc1. The summed E-state index contributed by atoms with van der Waals surface area (Å²) in [5, 5.41) is 0. The van der Waals surface area contributed by atoms with Crippen LogP contribution < -0.4 is 0 Å². The molecule has 1 aliphatic rings. The Balaban J connectivity index is 2.11. The second-order valence-electron chi connectivity index (χ2n) is 3.65. The van der Waals surface area contributed by atoms with Crippen LogP contribution in [0.25, 0.3) is 11.4 Å². The van der Waals surface area contributed by atoms with Gasteiger partial charge in [0, 0.05) is 12.4 Å². The van der Waals surface area contributed by atoms with Crippen LogP contribution in [0.4, 0.5) is 0 Å². The lowest BCUT2D eigenvalue weighted by Crippen LogP contribution is -2.05. The average molecular weight is 225 g/mol. The summed E-state index contributed by atoms with van der Waals surface area (Å²) in [7, 11) is 0. The Morgan fingerprint density at radius 2 is 1.94 bits per heavy atom. The lowest BCUT2D eigenvalue weighted by molar-refractivity contribution is 0.348. The molecule has 0 radical (unpaired) electrons. The van der Waals surface area contributed by atoms with Crippen molar-refractivity contribution in [3.63, 3.8) is 0 Å². The fourth-order valence-electron chi connectivity index (χ4n) is 1.78. The molecule has 4 nitrogen and oxygen atoms in total. The molecule has 0 saturated carbocycles. The van der Waals surface area contributed by atoms with E-state index in [9.17, 15) is 0 Å². The van der Waals surface area contributed by atoms with Gasteiger partial charge in [0.2, 0.25) is 5.90 Å². The number of ether oxygens (including phenoxy) is 1. The van der Waals surface area contributed by atoms with Crippen molar-refractivity contribution in [2.75, 3.05) is 13.2 Å². The summed E-state index contributed by atoms with van der Waals surface area (Å²) in [6.45, 7) is 1.36. The molecule has 17 heavy (non-hydrogen) atoms. The molecule has 0 amide bonds. The maximum atomic E-state index is 5.48. The molecular formula is C13H11N3O. The monoisotopic (exact) mass is 225 g/mol. The minimum Gasteiger partial charge on any atom is -0.475 e. The summed E-state index contributed by atoms with van der Waals surface area (Å²) in [5.74, 6) is 0.666. The molecule has 1 aliphatic heterocycles. The summed E-state index contributed by atoms with van der Waals surface area (Å²) < 4.78 is 5.48. The molecule has 3 heterocycles. The van der Waals surface area contributed by atoms with Crippen LogP contribution in [-0.4, -0.2) is 29.0 Å². The molecule has 84 valence electrons. The van der Waals surface area contributed by atoms with Crippen molar-refractivity contribution in [2.24, 2.45) is 4.99 Å². The van der Waals surface area contributed by atoms with Gasteiger partial charge in [0.1, 0.15) is 12.3 Å². The van der Waals surface area contributed by atoms with E-state index in [1.54, 1.807) is 12.4 Å². The van der Waals surface area contributed by atoms with Crippen molar-refractivity contribution in [3.8, 4) is 11.4 Å². The third-order valence-corrected chi connectivity index (χ3v) is 2.53. The number of aliphatic imine (C=N–C) groups is 1. The molecule has 0 saturated heterocycles. The Morgan fingerprint density at radius 1 is 1.00 bits per heavy atom. The number of rotatable bonds is 2. The van der Waals surface area contributed by atoms with Crippen LogP contribution in [0, 0.1) is 0 Å². The number of aromatic nitrogens is 2. The highest BCUT2D eigenvalue weighted by Gasteiger charge is 2.16. The van der Waals surface area contributed by atoms with E-state index < -0.39 is 0 Å². The second-order valence-corrected chi connectivity index (χ2v) is 3.65. The third-order valence-electron chi connectivity index (χ3n) is 2.53. The fraction of sp³-hybridized carbons (Fsp3) is 0.154. The van der Waals surface area contributed by atoms with Gasteiger partial charge >= 0.3 is 0 Å². The minimum atomic E-state index is 0.645. The van der Waals surface area contributed by atoms with E-state index in [1.165, 1.54) is 0 Å². The first-order valence-electron chi connectivity index (χ1n) is 5.49. The minimum absolute atomic E-state index is 0.645. The number of nitrogens with zero attached hydrogens (tertiary/aromatic N) is 3. The van der Waals surface area contributed by atoms with Crippen LogP contribution in [0.1, 0.15) is 5.56 Å². The highest BCUT2D eigenvalue weighted by Crippen LogP contribution is 2.20. The molecule has 0 fully saturated rings. The van der Waals surface area contributed by atoms with Crippen molar-refractivity contribution in [2.45, 2.75) is 0 Å². The molecule has 0 N–H and O–H groups in total. The highest BCUT2D eigenvalue weighted by atomic mass is 16.5. The summed E-state index contributed by atoms with van der Waals surface area (Å²) in [5.41, 5.74) is 2.55. The molecule has 0 unspecified atom stereocenters. The zero-order valence-electron chi connectivity index (χ0n) is 9.21. The molecule has 0 aromatic carbocycles. The molecule has 4 heteroatoms. The molecular weight excluding hydrogens is 214 g/mol. The fourth-order valence-corrected chi connectivity index (χ4v) is 1.78. The second kappa shape index (κ2) is 4.33. The lowest BCUT2D eigenvalue weighted by Gasteiger charge is -2.07. The van der Waals surface area contributed by atoms with E-state index in [-0.39, 0.29) is 0 Å². The molecule has 2 aromatic heterocycles. The largest absolute Gasteiger partial charge is 0.475 e. The van der Waals surface area contributed by atoms with Gasteiger partial charge in [0.05, 0.1) is 17.8 Å². The van der Waals surface area contributed by atoms with Crippen molar-refractivity contribution in [1.82, 2.24) is 9.97 Å².